The highest BCUT2D eigenvalue weighted by atomic mass is 16.2. The summed E-state index contributed by atoms with van der Waals surface area (Å²) in [7, 11) is 0. The summed E-state index contributed by atoms with van der Waals surface area (Å²) in [6.07, 6.45) is 3.40. The average Bonchev–Trinajstić information content (AvgIpc) is 2.26. The highest BCUT2D eigenvalue weighted by Gasteiger charge is 2.20. The Bertz CT molecular complexity index is 228. The van der Waals surface area contributed by atoms with Gasteiger partial charge in [0.05, 0.1) is 6.07 Å². The minimum atomic E-state index is 0.0220. The molecule has 14 heavy (non-hydrogen) atoms. The number of urea groups is 1. The molecule has 4 heteroatoms. The molecule has 1 fully saturated rings. The monoisotopic (exact) mass is 195 g/mol. The minimum Gasteiger partial charge on any atom is -0.325 e. The molecule has 1 aliphatic heterocycles. The Kier molecular flexibility index (Phi) is 4.24. The highest BCUT2D eigenvalue weighted by molar-refractivity contribution is 5.74. The van der Waals surface area contributed by atoms with E-state index in [4.69, 9.17) is 5.26 Å². The second-order valence-corrected chi connectivity index (χ2v) is 3.50. The largest absolute Gasteiger partial charge is 0.325 e. The maximum Gasteiger partial charge on any atom is 0.320 e. The molecule has 4 nitrogen and oxygen atoms in total. The van der Waals surface area contributed by atoms with Gasteiger partial charge in [0.1, 0.15) is 6.54 Å². The van der Waals surface area contributed by atoms with Gasteiger partial charge in [-0.15, -0.1) is 0 Å². The zero-order valence-corrected chi connectivity index (χ0v) is 8.70. The molecule has 0 atom stereocenters. The van der Waals surface area contributed by atoms with Crippen LogP contribution in [0.2, 0.25) is 0 Å². The van der Waals surface area contributed by atoms with Crippen molar-refractivity contribution in [1.82, 2.24) is 9.80 Å². The first-order valence-electron chi connectivity index (χ1n) is 5.20. The Morgan fingerprint density at radius 3 is 2.57 bits per heavy atom. The van der Waals surface area contributed by atoms with E-state index >= 15 is 0 Å². The van der Waals surface area contributed by atoms with E-state index in [1.165, 1.54) is 6.42 Å². The summed E-state index contributed by atoms with van der Waals surface area (Å²) < 4.78 is 0. The molecule has 0 saturated carbocycles. The van der Waals surface area contributed by atoms with Crippen LogP contribution in [0, 0.1) is 11.3 Å². The third-order valence-electron chi connectivity index (χ3n) is 2.54. The van der Waals surface area contributed by atoms with Gasteiger partial charge in [-0.05, 0) is 26.2 Å². The molecule has 0 bridgehead atoms. The number of carbonyl (C=O) groups excluding carboxylic acids is 1. The van der Waals surface area contributed by atoms with Crippen LogP contribution in [0.5, 0.6) is 0 Å². The molecule has 78 valence electrons. The van der Waals surface area contributed by atoms with Crippen LogP contribution in [0.4, 0.5) is 4.79 Å². The van der Waals surface area contributed by atoms with Gasteiger partial charge in [-0.2, -0.15) is 5.26 Å². The van der Waals surface area contributed by atoms with Crippen molar-refractivity contribution in [3.8, 4) is 6.07 Å². The molecule has 0 aromatic heterocycles. The molecule has 1 rings (SSSR count). The van der Waals surface area contributed by atoms with Crippen molar-refractivity contribution in [1.29, 1.82) is 5.26 Å². The molecule has 0 unspecified atom stereocenters. The third-order valence-corrected chi connectivity index (χ3v) is 2.54. The van der Waals surface area contributed by atoms with Gasteiger partial charge in [-0.3, -0.25) is 0 Å². The molecule has 0 aromatic carbocycles. The van der Waals surface area contributed by atoms with E-state index in [-0.39, 0.29) is 12.6 Å². The van der Waals surface area contributed by atoms with E-state index < -0.39 is 0 Å². The van der Waals surface area contributed by atoms with Crippen molar-refractivity contribution in [2.45, 2.75) is 26.2 Å². The van der Waals surface area contributed by atoms with Gasteiger partial charge in [-0.25, -0.2) is 4.79 Å². The number of likely N-dealkylation sites (tertiary alicyclic amines) is 1. The minimum absolute atomic E-state index is 0.0220. The van der Waals surface area contributed by atoms with Crippen molar-refractivity contribution in [2.24, 2.45) is 0 Å². The number of nitrogens with zero attached hydrogens (tertiary/aromatic N) is 3. The average molecular weight is 195 g/mol. The highest BCUT2D eigenvalue weighted by Crippen LogP contribution is 2.10. The second-order valence-electron chi connectivity index (χ2n) is 3.50. The standard InChI is InChI=1S/C10H17N3O/c1-2-12(9-6-11)10(14)13-7-4-3-5-8-13/h2-5,7-9H2,1H3. The van der Waals surface area contributed by atoms with Crippen LogP contribution < -0.4 is 0 Å². The summed E-state index contributed by atoms with van der Waals surface area (Å²) in [6, 6.07) is 2.04. The van der Waals surface area contributed by atoms with Gasteiger partial charge < -0.3 is 9.80 Å². The third kappa shape index (κ3) is 2.63. The fourth-order valence-corrected chi connectivity index (χ4v) is 1.69. The Morgan fingerprint density at radius 2 is 2.07 bits per heavy atom. The van der Waals surface area contributed by atoms with Gasteiger partial charge in [0.25, 0.3) is 0 Å². The van der Waals surface area contributed by atoms with Crippen LogP contribution in [0.3, 0.4) is 0 Å². The SMILES string of the molecule is CCN(CC#N)C(=O)N1CCCCC1. The van der Waals surface area contributed by atoms with E-state index in [1.54, 1.807) is 4.90 Å². The molecule has 1 heterocycles. The molecule has 2 amide bonds. The number of hydrogen-bond acceptors (Lipinski definition) is 2. The van der Waals surface area contributed by atoms with Crippen LogP contribution in [0.25, 0.3) is 0 Å². The fourth-order valence-electron chi connectivity index (χ4n) is 1.69. The summed E-state index contributed by atoms with van der Waals surface area (Å²) >= 11 is 0. The van der Waals surface area contributed by atoms with E-state index in [9.17, 15) is 4.79 Å². The molecule has 0 N–H and O–H groups in total. The lowest BCUT2D eigenvalue weighted by molar-refractivity contribution is 0.150. The Morgan fingerprint density at radius 1 is 1.43 bits per heavy atom. The molecule has 0 spiro atoms. The van der Waals surface area contributed by atoms with Gasteiger partial charge in [0.2, 0.25) is 0 Å². The van der Waals surface area contributed by atoms with Crippen LogP contribution in [-0.2, 0) is 0 Å². The maximum absolute atomic E-state index is 11.8. The molecule has 0 aromatic rings. The molecule has 1 aliphatic rings. The molecule has 0 radical (unpaired) electrons. The Hall–Kier alpha value is -1.24. The van der Waals surface area contributed by atoms with Crippen molar-refractivity contribution in [3.63, 3.8) is 0 Å². The summed E-state index contributed by atoms with van der Waals surface area (Å²) in [5.41, 5.74) is 0. The summed E-state index contributed by atoms with van der Waals surface area (Å²) in [5, 5.41) is 8.55. The summed E-state index contributed by atoms with van der Waals surface area (Å²) in [6.45, 7) is 4.41. The Balaban J connectivity index is 2.48. The molecular weight excluding hydrogens is 178 g/mol. The molecule has 0 aliphatic carbocycles. The lowest BCUT2D eigenvalue weighted by atomic mass is 10.1. The molecule has 1 saturated heterocycles. The van der Waals surface area contributed by atoms with Crippen molar-refractivity contribution < 1.29 is 4.79 Å². The number of carbonyl (C=O) groups is 1. The van der Waals surface area contributed by atoms with Crippen LogP contribution >= 0.6 is 0 Å². The van der Waals surface area contributed by atoms with Crippen LogP contribution in [0.1, 0.15) is 26.2 Å². The van der Waals surface area contributed by atoms with E-state index in [1.807, 2.05) is 17.9 Å². The van der Waals surface area contributed by atoms with Gasteiger partial charge in [0, 0.05) is 19.6 Å². The maximum atomic E-state index is 11.8. The number of hydrogen-bond donors (Lipinski definition) is 0. The molecular formula is C10H17N3O. The lowest BCUT2D eigenvalue weighted by Crippen LogP contribution is -2.45. The first kappa shape index (κ1) is 10.8. The Labute approximate surface area is 85.1 Å². The summed E-state index contributed by atoms with van der Waals surface area (Å²) in [4.78, 5) is 15.3. The first-order valence-corrected chi connectivity index (χ1v) is 5.20. The van der Waals surface area contributed by atoms with E-state index in [2.05, 4.69) is 0 Å². The van der Waals surface area contributed by atoms with Crippen molar-refractivity contribution in [3.05, 3.63) is 0 Å². The van der Waals surface area contributed by atoms with E-state index in [0.717, 1.165) is 25.9 Å². The van der Waals surface area contributed by atoms with E-state index in [0.29, 0.717) is 6.54 Å². The predicted molar refractivity (Wildman–Crippen MR) is 53.7 cm³/mol. The van der Waals surface area contributed by atoms with Crippen molar-refractivity contribution in [2.75, 3.05) is 26.2 Å². The number of nitriles is 1. The van der Waals surface area contributed by atoms with Gasteiger partial charge in [-0.1, -0.05) is 0 Å². The van der Waals surface area contributed by atoms with Gasteiger partial charge in [0.15, 0.2) is 0 Å². The number of amides is 2. The van der Waals surface area contributed by atoms with Crippen LogP contribution in [0.15, 0.2) is 0 Å². The topological polar surface area (TPSA) is 47.3 Å². The predicted octanol–water partition coefficient (Wildman–Crippen LogP) is 1.44. The summed E-state index contributed by atoms with van der Waals surface area (Å²) in [5.74, 6) is 0. The zero-order chi connectivity index (χ0) is 10.4. The quantitative estimate of drug-likeness (QED) is 0.626. The second kappa shape index (κ2) is 5.48. The number of piperidine rings is 1. The lowest BCUT2D eigenvalue weighted by Gasteiger charge is -2.31. The first-order chi connectivity index (χ1) is 6.79. The van der Waals surface area contributed by atoms with Crippen molar-refractivity contribution >= 4 is 6.03 Å². The fraction of sp³-hybridized carbons (Fsp3) is 0.800. The number of rotatable bonds is 2. The normalized spacial score (nSPS) is 16.1. The van der Waals surface area contributed by atoms with Crippen LogP contribution in [-0.4, -0.2) is 42.0 Å². The smallest absolute Gasteiger partial charge is 0.320 e. The zero-order valence-electron chi connectivity index (χ0n) is 8.70. The van der Waals surface area contributed by atoms with Gasteiger partial charge >= 0.3 is 6.03 Å².